The summed E-state index contributed by atoms with van der Waals surface area (Å²) in [7, 11) is 7.82. The molecule has 0 aliphatic heterocycles. The van der Waals surface area contributed by atoms with Crippen molar-refractivity contribution < 1.29 is 19.8 Å². The monoisotopic (exact) mass is 750 g/mol. The van der Waals surface area contributed by atoms with Gasteiger partial charge in [-0.3, -0.25) is 9.97 Å². The van der Waals surface area contributed by atoms with Crippen molar-refractivity contribution in [3.05, 3.63) is 96.8 Å². The van der Waals surface area contributed by atoms with Gasteiger partial charge in [0.05, 0.1) is 11.4 Å². The van der Waals surface area contributed by atoms with Crippen LogP contribution in [0.4, 0.5) is 0 Å². The number of imidazole rings is 4. The zero-order valence-electron chi connectivity index (χ0n) is 21.4. The number of nitrogens with zero attached hydrogens (tertiary/aromatic N) is 10. The normalized spacial score (nSPS) is 10.0. The molecule has 0 amide bonds. The zero-order valence-corrected chi connectivity index (χ0v) is 25.5. The third-order valence-electron chi connectivity index (χ3n) is 5.33. The van der Waals surface area contributed by atoms with Crippen molar-refractivity contribution in [2.45, 2.75) is 0 Å². The molecule has 0 saturated carbocycles. The average molecular weight is 750 g/mol. The van der Waals surface area contributed by atoms with Crippen LogP contribution in [0.25, 0.3) is 34.7 Å². The van der Waals surface area contributed by atoms with Gasteiger partial charge in [-0.1, -0.05) is 22.0 Å². The largest absolute Gasteiger partial charge is 0.331 e. The van der Waals surface area contributed by atoms with Crippen LogP contribution in [0.5, 0.6) is 0 Å². The molecule has 0 saturated heterocycles. The van der Waals surface area contributed by atoms with Gasteiger partial charge in [-0.25, -0.2) is 19.9 Å². The fourth-order valence-electron chi connectivity index (χ4n) is 3.38. The summed E-state index contributed by atoms with van der Waals surface area (Å²) in [4.78, 5) is 25.2. The molecule has 0 fully saturated rings. The van der Waals surface area contributed by atoms with Crippen LogP contribution >= 0.6 is 15.9 Å². The fraction of sp³-hybridized carbons (Fsp3) is 0.154. The Morgan fingerprint density at radius 2 is 0.921 bits per heavy atom. The molecule has 6 heterocycles. The molecule has 0 aliphatic rings. The minimum atomic E-state index is 0. The number of aryl methyl sites for hydroxylation is 4. The predicted octanol–water partition coefficient (Wildman–Crippen LogP) is 4.54. The van der Waals surface area contributed by atoms with Crippen LogP contribution in [-0.4, -0.2) is 48.2 Å². The molecule has 0 atom stereocenters. The molecule has 0 aliphatic carbocycles. The Kier molecular flexibility index (Phi) is 10.4. The van der Waals surface area contributed by atoms with Crippen molar-refractivity contribution in [1.82, 2.24) is 48.2 Å². The van der Waals surface area contributed by atoms with Crippen molar-refractivity contribution in [3.63, 3.8) is 0 Å². The van der Waals surface area contributed by atoms with Crippen LogP contribution in [0.15, 0.2) is 96.8 Å². The van der Waals surface area contributed by atoms with E-state index in [1.807, 2.05) is 102 Å². The summed E-state index contributed by atoms with van der Waals surface area (Å²) >= 11 is 3.39. The number of rotatable bonds is 3. The van der Waals surface area contributed by atoms with Gasteiger partial charge in [0, 0.05) is 114 Å². The predicted molar refractivity (Wildman–Crippen MR) is 146 cm³/mol. The Morgan fingerprint density at radius 1 is 0.500 bits per heavy atom. The van der Waals surface area contributed by atoms with E-state index in [0.29, 0.717) is 0 Å². The molecule has 0 bridgehead atoms. The van der Waals surface area contributed by atoms with Crippen LogP contribution in [0.1, 0.15) is 0 Å². The summed E-state index contributed by atoms with van der Waals surface area (Å²) in [6.07, 6.45) is 18.2. The molecule has 0 radical (unpaired) electrons. The fourth-order valence-corrected chi connectivity index (χ4v) is 3.72. The first-order valence-electron chi connectivity index (χ1n) is 11.4. The Labute approximate surface area is 242 Å². The van der Waals surface area contributed by atoms with E-state index < -0.39 is 0 Å². The SMILES string of the molecule is Brc1ccnc(-c2ccccn2)c1.Cn1ccnc1-c1nccn1C.Cn1ccnc1-c1nccn1C.[Os]. The number of hydrogen-bond donors (Lipinski definition) is 0. The molecule has 10 nitrogen and oxygen atoms in total. The van der Waals surface area contributed by atoms with Crippen molar-refractivity contribution in [3.8, 4) is 34.7 Å². The van der Waals surface area contributed by atoms with Crippen LogP contribution in [-0.2, 0) is 48.0 Å². The van der Waals surface area contributed by atoms with Crippen molar-refractivity contribution in [1.29, 1.82) is 0 Å². The van der Waals surface area contributed by atoms with E-state index in [4.69, 9.17) is 0 Å². The minimum Gasteiger partial charge on any atom is -0.331 e. The third-order valence-corrected chi connectivity index (χ3v) is 5.83. The van der Waals surface area contributed by atoms with Gasteiger partial charge < -0.3 is 18.3 Å². The van der Waals surface area contributed by atoms with Gasteiger partial charge in [-0.15, -0.1) is 0 Å². The minimum absolute atomic E-state index is 0. The van der Waals surface area contributed by atoms with Crippen LogP contribution < -0.4 is 0 Å². The first-order chi connectivity index (χ1) is 17.9. The second-order valence-corrected chi connectivity index (χ2v) is 8.94. The maximum atomic E-state index is 4.22. The van der Waals surface area contributed by atoms with Crippen molar-refractivity contribution in [2.75, 3.05) is 0 Å². The summed E-state index contributed by atoms with van der Waals surface area (Å²) < 4.78 is 8.80. The number of pyridine rings is 2. The summed E-state index contributed by atoms with van der Waals surface area (Å²) in [6, 6.07) is 9.62. The van der Waals surface area contributed by atoms with Crippen molar-refractivity contribution in [2.24, 2.45) is 28.2 Å². The van der Waals surface area contributed by atoms with Gasteiger partial charge in [-0.2, -0.15) is 0 Å². The molecule has 0 aromatic carbocycles. The van der Waals surface area contributed by atoms with E-state index in [1.54, 1.807) is 37.2 Å². The Balaban J connectivity index is 0.000000156. The zero-order chi connectivity index (χ0) is 26.2. The van der Waals surface area contributed by atoms with Crippen LogP contribution in [0, 0.1) is 0 Å². The van der Waals surface area contributed by atoms with Gasteiger partial charge in [0.1, 0.15) is 0 Å². The van der Waals surface area contributed by atoms with E-state index in [9.17, 15) is 0 Å². The summed E-state index contributed by atoms with van der Waals surface area (Å²) in [6.45, 7) is 0. The van der Waals surface area contributed by atoms with E-state index in [1.165, 1.54) is 0 Å². The molecule has 6 rings (SSSR count). The molecule has 0 N–H and O–H groups in total. The van der Waals surface area contributed by atoms with E-state index in [-0.39, 0.29) is 19.8 Å². The molecular formula is C26H27BrN10Os. The first kappa shape index (κ1) is 28.8. The molecular weight excluding hydrogens is 722 g/mol. The Bertz CT molecular complexity index is 1400. The molecule has 6 aromatic heterocycles. The summed E-state index contributed by atoms with van der Waals surface area (Å²) in [5.74, 6) is 3.56. The number of hydrogen-bond acceptors (Lipinski definition) is 6. The Hall–Kier alpha value is -3.74. The van der Waals surface area contributed by atoms with Crippen LogP contribution in [0.3, 0.4) is 0 Å². The van der Waals surface area contributed by atoms with Gasteiger partial charge in [0.15, 0.2) is 23.3 Å². The van der Waals surface area contributed by atoms with Crippen LogP contribution in [0.2, 0.25) is 0 Å². The van der Waals surface area contributed by atoms with Gasteiger partial charge in [0.25, 0.3) is 0 Å². The van der Waals surface area contributed by atoms with E-state index in [0.717, 1.165) is 39.2 Å². The quantitative estimate of drug-likeness (QED) is 0.264. The van der Waals surface area contributed by atoms with Gasteiger partial charge >= 0.3 is 0 Å². The maximum absolute atomic E-state index is 4.22. The average Bonchev–Trinajstić information content (AvgIpc) is 3.70. The maximum Gasteiger partial charge on any atom is 0.176 e. The number of halogens is 1. The topological polar surface area (TPSA) is 97.1 Å². The Morgan fingerprint density at radius 3 is 1.24 bits per heavy atom. The third kappa shape index (κ3) is 7.18. The summed E-state index contributed by atoms with van der Waals surface area (Å²) in [5.41, 5.74) is 1.78. The smallest absolute Gasteiger partial charge is 0.176 e. The molecule has 12 heteroatoms. The van der Waals surface area contributed by atoms with E-state index in [2.05, 4.69) is 45.8 Å². The molecule has 196 valence electrons. The molecule has 0 spiro atoms. The number of aromatic nitrogens is 10. The molecule has 6 aromatic rings. The summed E-state index contributed by atoms with van der Waals surface area (Å²) in [5, 5.41) is 0. The van der Waals surface area contributed by atoms with Crippen molar-refractivity contribution >= 4 is 15.9 Å². The van der Waals surface area contributed by atoms with E-state index >= 15 is 0 Å². The standard InChI is InChI=1S/C10H7BrN2.2C8H10N4.Os/c11-8-4-6-13-10(7-8)9-3-1-2-5-12-9;2*1-11-5-3-9-7(11)8-10-4-6-12(8)2;/h1-7H;2*3-6H,1-2H3;. The van der Waals surface area contributed by atoms with Gasteiger partial charge in [0.2, 0.25) is 0 Å². The molecule has 0 unspecified atom stereocenters. The first-order valence-corrected chi connectivity index (χ1v) is 12.2. The second kappa shape index (κ2) is 13.7. The van der Waals surface area contributed by atoms with Gasteiger partial charge in [-0.05, 0) is 24.3 Å². The second-order valence-electron chi connectivity index (χ2n) is 8.02. The molecule has 38 heavy (non-hydrogen) atoms.